The number of hydrogen-bond donors (Lipinski definition) is 0. The normalized spacial score (nSPS) is 15.1. The van der Waals surface area contributed by atoms with Crippen LogP contribution in [0.15, 0.2) is 7.57 Å². The first-order valence-electron chi connectivity index (χ1n) is 3.02. The minimum atomic E-state index is 0.634. The zero-order valence-corrected chi connectivity index (χ0v) is 9.38. The Balaban J connectivity index is 2.52. The van der Waals surface area contributed by atoms with E-state index < -0.39 is 0 Å². The Bertz CT molecular complexity index is 258. The van der Waals surface area contributed by atoms with Gasteiger partial charge in [0.25, 0.3) is 0 Å². The monoisotopic (exact) mass is 298 g/mol. The molecule has 0 amide bonds. The molecular formula is C6H4Br2O2S. The maximum Gasteiger partial charge on any atom is 0.187 e. The third-order valence-electron chi connectivity index (χ3n) is 1.32. The third kappa shape index (κ3) is 1.29. The zero-order valence-electron chi connectivity index (χ0n) is 5.39. The Morgan fingerprint density at radius 1 is 1.00 bits per heavy atom. The molecule has 11 heavy (non-hydrogen) atoms. The molecule has 2 rings (SSSR count). The molecule has 0 aliphatic carbocycles. The van der Waals surface area contributed by atoms with Gasteiger partial charge in [0.2, 0.25) is 0 Å². The first-order chi connectivity index (χ1) is 5.29. The largest absolute Gasteiger partial charge is 0.484 e. The molecule has 0 atom stereocenters. The fourth-order valence-corrected chi connectivity index (χ4v) is 3.74. The van der Waals surface area contributed by atoms with Crippen LogP contribution in [0, 0.1) is 0 Å². The van der Waals surface area contributed by atoms with Crippen LogP contribution in [0.25, 0.3) is 0 Å². The highest BCUT2D eigenvalue weighted by Crippen LogP contribution is 2.49. The summed E-state index contributed by atoms with van der Waals surface area (Å²) in [6.07, 6.45) is 0. The molecule has 0 spiro atoms. The lowest BCUT2D eigenvalue weighted by Gasteiger charge is -2.15. The highest BCUT2D eigenvalue weighted by molar-refractivity contribution is 9.12. The van der Waals surface area contributed by atoms with E-state index in [9.17, 15) is 0 Å². The lowest BCUT2D eigenvalue weighted by atomic mass is 10.5. The smallest absolute Gasteiger partial charge is 0.187 e. The summed E-state index contributed by atoms with van der Waals surface area (Å²) in [6, 6.07) is 0. The van der Waals surface area contributed by atoms with Crippen molar-refractivity contribution in [2.24, 2.45) is 0 Å². The van der Waals surface area contributed by atoms with Gasteiger partial charge in [-0.15, -0.1) is 11.3 Å². The molecule has 0 fully saturated rings. The van der Waals surface area contributed by atoms with Crippen LogP contribution >= 0.6 is 43.2 Å². The van der Waals surface area contributed by atoms with Crippen molar-refractivity contribution < 1.29 is 9.47 Å². The van der Waals surface area contributed by atoms with Crippen LogP contribution in [0.5, 0.6) is 11.5 Å². The first kappa shape index (κ1) is 7.89. The summed E-state index contributed by atoms with van der Waals surface area (Å²) in [6.45, 7) is 1.27. The lowest BCUT2D eigenvalue weighted by molar-refractivity contribution is 0.171. The maximum absolute atomic E-state index is 5.38. The fourth-order valence-electron chi connectivity index (χ4n) is 0.882. The van der Waals surface area contributed by atoms with E-state index in [1.54, 1.807) is 11.3 Å². The van der Waals surface area contributed by atoms with E-state index in [1.165, 1.54) is 0 Å². The molecule has 0 saturated heterocycles. The van der Waals surface area contributed by atoms with Crippen LogP contribution in [0.3, 0.4) is 0 Å². The molecule has 5 heteroatoms. The molecule has 0 N–H and O–H groups in total. The van der Waals surface area contributed by atoms with Crippen LogP contribution in [0.1, 0.15) is 0 Å². The van der Waals surface area contributed by atoms with Crippen molar-refractivity contribution in [3.63, 3.8) is 0 Å². The van der Waals surface area contributed by atoms with Gasteiger partial charge in [-0.05, 0) is 31.9 Å². The van der Waals surface area contributed by atoms with E-state index in [4.69, 9.17) is 9.47 Å². The Kier molecular flexibility index (Phi) is 2.12. The van der Waals surface area contributed by atoms with Crippen molar-refractivity contribution in [2.45, 2.75) is 0 Å². The van der Waals surface area contributed by atoms with Crippen LogP contribution in [0.2, 0.25) is 0 Å². The van der Waals surface area contributed by atoms with Gasteiger partial charge >= 0.3 is 0 Å². The molecule has 0 bridgehead atoms. The quantitative estimate of drug-likeness (QED) is 0.733. The summed E-state index contributed by atoms with van der Waals surface area (Å²) in [5.74, 6) is 1.65. The van der Waals surface area contributed by atoms with Gasteiger partial charge in [0.1, 0.15) is 20.8 Å². The summed E-state index contributed by atoms with van der Waals surface area (Å²) < 4.78 is 12.7. The zero-order chi connectivity index (χ0) is 7.84. The standard InChI is InChI=1S/C6H4Br2O2S/c7-5-3-4(6(8)11-5)10-2-1-9-3/h1-2H2. The molecule has 1 aliphatic heterocycles. The van der Waals surface area contributed by atoms with Crippen LogP contribution in [0.4, 0.5) is 0 Å². The van der Waals surface area contributed by atoms with Crippen molar-refractivity contribution in [1.29, 1.82) is 0 Å². The molecule has 0 unspecified atom stereocenters. The summed E-state index contributed by atoms with van der Waals surface area (Å²) in [7, 11) is 0. The van der Waals surface area contributed by atoms with Crippen molar-refractivity contribution in [1.82, 2.24) is 0 Å². The summed E-state index contributed by atoms with van der Waals surface area (Å²) in [5, 5.41) is 0. The van der Waals surface area contributed by atoms with Crippen molar-refractivity contribution in [3.8, 4) is 11.5 Å². The van der Waals surface area contributed by atoms with E-state index in [0.717, 1.165) is 19.1 Å². The minimum absolute atomic E-state index is 0.634. The number of thiophene rings is 1. The van der Waals surface area contributed by atoms with Gasteiger partial charge in [-0.3, -0.25) is 0 Å². The predicted molar refractivity (Wildman–Crippen MR) is 50.7 cm³/mol. The van der Waals surface area contributed by atoms with Crippen LogP contribution < -0.4 is 9.47 Å². The van der Waals surface area contributed by atoms with E-state index >= 15 is 0 Å². The lowest BCUT2D eigenvalue weighted by Crippen LogP contribution is -2.14. The Hall–Kier alpha value is 0.260. The number of ether oxygens (including phenoxy) is 2. The molecule has 0 aromatic carbocycles. The number of halogens is 2. The molecular weight excluding hydrogens is 296 g/mol. The van der Waals surface area contributed by atoms with Crippen LogP contribution in [-0.4, -0.2) is 13.2 Å². The molecule has 60 valence electrons. The molecule has 1 aromatic heterocycles. The number of fused-ring (bicyclic) bond motifs is 1. The van der Waals surface area contributed by atoms with Crippen molar-refractivity contribution in [2.75, 3.05) is 13.2 Å². The molecule has 1 aliphatic rings. The fraction of sp³-hybridized carbons (Fsp3) is 0.333. The average molecular weight is 300 g/mol. The molecule has 0 saturated carbocycles. The van der Waals surface area contributed by atoms with Gasteiger partial charge in [-0.25, -0.2) is 0 Å². The van der Waals surface area contributed by atoms with Gasteiger partial charge in [0, 0.05) is 0 Å². The summed E-state index contributed by atoms with van der Waals surface area (Å²) in [5.41, 5.74) is 0. The second-order valence-electron chi connectivity index (χ2n) is 2.00. The van der Waals surface area contributed by atoms with E-state index in [1.807, 2.05) is 0 Å². The van der Waals surface area contributed by atoms with Crippen molar-refractivity contribution in [3.05, 3.63) is 7.57 Å². The van der Waals surface area contributed by atoms with Crippen molar-refractivity contribution >= 4 is 43.2 Å². The van der Waals surface area contributed by atoms with E-state index in [2.05, 4.69) is 31.9 Å². The molecule has 0 radical (unpaired) electrons. The molecule has 2 heterocycles. The highest BCUT2D eigenvalue weighted by atomic mass is 79.9. The predicted octanol–water partition coefficient (Wildman–Crippen LogP) is 3.04. The third-order valence-corrected chi connectivity index (χ3v) is 3.74. The Morgan fingerprint density at radius 2 is 1.45 bits per heavy atom. The average Bonchev–Trinajstić information content (AvgIpc) is 2.30. The Morgan fingerprint density at radius 3 is 1.91 bits per heavy atom. The molecule has 2 nitrogen and oxygen atoms in total. The second-order valence-corrected chi connectivity index (χ2v) is 5.66. The van der Waals surface area contributed by atoms with Gasteiger partial charge in [-0.1, -0.05) is 0 Å². The number of rotatable bonds is 0. The van der Waals surface area contributed by atoms with Gasteiger partial charge in [0.05, 0.1) is 0 Å². The van der Waals surface area contributed by atoms with E-state index in [0.29, 0.717) is 13.2 Å². The van der Waals surface area contributed by atoms with Gasteiger partial charge in [-0.2, -0.15) is 0 Å². The Labute approximate surface area is 84.8 Å². The van der Waals surface area contributed by atoms with Gasteiger partial charge < -0.3 is 9.47 Å². The number of hydrogen-bond acceptors (Lipinski definition) is 3. The highest BCUT2D eigenvalue weighted by Gasteiger charge is 2.21. The molecule has 1 aromatic rings. The summed E-state index contributed by atoms with van der Waals surface area (Å²) >= 11 is 8.34. The van der Waals surface area contributed by atoms with Gasteiger partial charge in [0.15, 0.2) is 11.5 Å². The maximum atomic E-state index is 5.38. The first-order valence-corrected chi connectivity index (χ1v) is 5.42. The second kappa shape index (κ2) is 2.95. The topological polar surface area (TPSA) is 18.5 Å². The van der Waals surface area contributed by atoms with Crippen LogP contribution in [-0.2, 0) is 0 Å². The minimum Gasteiger partial charge on any atom is -0.484 e. The summed E-state index contributed by atoms with van der Waals surface area (Å²) in [4.78, 5) is 0. The van der Waals surface area contributed by atoms with E-state index in [-0.39, 0.29) is 0 Å². The SMILES string of the molecule is Brc1sc(Br)c2c1OCCO2.